The first-order chi connectivity index (χ1) is 12.0. The first kappa shape index (κ1) is 17.5. The summed E-state index contributed by atoms with van der Waals surface area (Å²) in [6.45, 7) is 2.55. The molecule has 1 atom stereocenters. The van der Waals surface area contributed by atoms with Crippen LogP contribution in [0.2, 0.25) is 5.02 Å². The van der Waals surface area contributed by atoms with Crippen LogP contribution in [0, 0.1) is 0 Å². The van der Waals surface area contributed by atoms with Gasteiger partial charge in [0, 0.05) is 10.7 Å². The lowest BCUT2D eigenvalue weighted by Gasteiger charge is -2.19. The first-order valence-corrected chi connectivity index (χ1v) is 8.50. The lowest BCUT2D eigenvalue weighted by molar-refractivity contribution is -0.118. The van der Waals surface area contributed by atoms with Crippen LogP contribution in [0.25, 0.3) is 11.0 Å². The number of amides is 1. The molecule has 3 aromatic rings. The molecule has 1 N–H and O–H groups in total. The van der Waals surface area contributed by atoms with Gasteiger partial charge >= 0.3 is 0 Å². The first-order valence-electron chi connectivity index (χ1n) is 8.12. The second-order valence-electron chi connectivity index (χ2n) is 6.30. The average molecular weight is 357 g/mol. The lowest BCUT2D eigenvalue weighted by Crippen LogP contribution is -2.26. The molecule has 0 radical (unpaired) electrons. The highest BCUT2D eigenvalue weighted by molar-refractivity contribution is 6.30. The fourth-order valence-electron chi connectivity index (χ4n) is 2.82. The summed E-state index contributed by atoms with van der Waals surface area (Å²) in [6.07, 6.45) is 0. The van der Waals surface area contributed by atoms with E-state index >= 15 is 0 Å². The van der Waals surface area contributed by atoms with Crippen LogP contribution in [-0.4, -0.2) is 34.5 Å². The van der Waals surface area contributed by atoms with E-state index < -0.39 is 6.04 Å². The van der Waals surface area contributed by atoms with E-state index in [1.807, 2.05) is 54.8 Å². The molecular weight excluding hydrogens is 336 g/mol. The van der Waals surface area contributed by atoms with Crippen molar-refractivity contribution in [2.24, 2.45) is 0 Å². The molecule has 1 unspecified atom stereocenters. The van der Waals surface area contributed by atoms with Gasteiger partial charge in [0.15, 0.2) is 0 Å². The van der Waals surface area contributed by atoms with E-state index in [0.29, 0.717) is 11.6 Å². The molecule has 2 aromatic carbocycles. The molecule has 25 heavy (non-hydrogen) atoms. The summed E-state index contributed by atoms with van der Waals surface area (Å²) in [6, 6.07) is 14.6. The van der Waals surface area contributed by atoms with Gasteiger partial charge in [0.25, 0.3) is 0 Å². The van der Waals surface area contributed by atoms with E-state index in [-0.39, 0.29) is 5.91 Å². The minimum absolute atomic E-state index is 0.0921. The zero-order chi connectivity index (χ0) is 18.0. The third kappa shape index (κ3) is 3.83. The molecule has 0 aliphatic carbocycles. The second-order valence-corrected chi connectivity index (χ2v) is 6.73. The van der Waals surface area contributed by atoms with Gasteiger partial charge in [-0.25, -0.2) is 4.98 Å². The number of fused-ring (bicyclic) bond motifs is 1. The SMILES string of the molecule is CC(C(=O)Nc1ccc(Cl)cc1)n1c(CN(C)C)nc2ccccc21. The maximum atomic E-state index is 12.8. The Morgan fingerprint density at radius 3 is 2.56 bits per heavy atom. The van der Waals surface area contributed by atoms with Crippen molar-refractivity contribution in [2.75, 3.05) is 19.4 Å². The van der Waals surface area contributed by atoms with Crippen molar-refractivity contribution in [1.29, 1.82) is 0 Å². The standard InChI is InChI=1S/C19H21ClN4O/c1-13(19(25)21-15-10-8-14(20)9-11-15)24-17-7-5-4-6-16(17)22-18(24)12-23(2)3/h4-11,13H,12H2,1-3H3,(H,21,25). The number of nitrogens with zero attached hydrogens (tertiary/aromatic N) is 3. The number of carbonyl (C=O) groups is 1. The van der Waals surface area contributed by atoms with E-state index in [4.69, 9.17) is 16.6 Å². The molecule has 6 heteroatoms. The van der Waals surface area contributed by atoms with Gasteiger partial charge in [0.1, 0.15) is 11.9 Å². The Bertz CT molecular complexity index is 886. The highest BCUT2D eigenvalue weighted by atomic mass is 35.5. The molecule has 5 nitrogen and oxygen atoms in total. The number of rotatable bonds is 5. The highest BCUT2D eigenvalue weighted by Gasteiger charge is 2.21. The maximum absolute atomic E-state index is 12.8. The number of nitrogens with one attached hydrogen (secondary N) is 1. The monoisotopic (exact) mass is 356 g/mol. The zero-order valence-corrected chi connectivity index (χ0v) is 15.3. The number of para-hydroxylation sites is 2. The van der Waals surface area contributed by atoms with E-state index in [1.54, 1.807) is 24.3 Å². The van der Waals surface area contributed by atoms with Crippen LogP contribution in [0.15, 0.2) is 48.5 Å². The number of hydrogen-bond acceptors (Lipinski definition) is 3. The molecule has 0 saturated heterocycles. The third-order valence-electron chi connectivity index (χ3n) is 4.01. The van der Waals surface area contributed by atoms with Crippen molar-refractivity contribution in [1.82, 2.24) is 14.5 Å². The molecular formula is C19H21ClN4O. The molecule has 0 fully saturated rings. The molecule has 0 aliphatic heterocycles. The molecule has 3 rings (SSSR count). The van der Waals surface area contributed by atoms with Crippen molar-refractivity contribution < 1.29 is 4.79 Å². The Morgan fingerprint density at radius 1 is 1.20 bits per heavy atom. The van der Waals surface area contributed by atoms with Crippen LogP contribution >= 0.6 is 11.6 Å². The maximum Gasteiger partial charge on any atom is 0.247 e. The fraction of sp³-hybridized carbons (Fsp3) is 0.263. The van der Waals surface area contributed by atoms with Gasteiger partial charge in [-0.1, -0.05) is 23.7 Å². The highest BCUT2D eigenvalue weighted by Crippen LogP contribution is 2.23. The Morgan fingerprint density at radius 2 is 1.88 bits per heavy atom. The zero-order valence-electron chi connectivity index (χ0n) is 14.5. The van der Waals surface area contributed by atoms with Crippen LogP contribution < -0.4 is 5.32 Å². The van der Waals surface area contributed by atoms with Crippen LogP contribution in [0.3, 0.4) is 0 Å². The molecule has 0 spiro atoms. The fourth-order valence-corrected chi connectivity index (χ4v) is 2.94. The Labute approximate surface area is 152 Å². The Balaban J connectivity index is 1.93. The van der Waals surface area contributed by atoms with E-state index in [1.165, 1.54) is 0 Å². The van der Waals surface area contributed by atoms with E-state index in [0.717, 1.165) is 22.5 Å². The predicted molar refractivity (Wildman–Crippen MR) is 102 cm³/mol. The predicted octanol–water partition coefficient (Wildman–Crippen LogP) is 3.95. The quantitative estimate of drug-likeness (QED) is 0.753. The number of benzene rings is 2. The minimum atomic E-state index is -0.391. The lowest BCUT2D eigenvalue weighted by atomic mass is 10.2. The number of aromatic nitrogens is 2. The summed E-state index contributed by atoms with van der Waals surface area (Å²) in [7, 11) is 3.98. The average Bonchev–Trinajstić information content (AvgIpc) is 2.93. The summed E-state index contributed by atoms with van der Waals surface area (Å²) in [5, 5.41) is 3.58. The summed E-state index contributed by atoms with van der Waals surface area (Å²) in [5.41, 5.74) is 2.57. The summed E-state index contributed by atoms with van der Waals surface area (Å²) in [5.74, 6) is 0.774. The van der Waals surface area contributed by atoms with Gasteiger partial charge in [0.2, 0.25) is 5.91 Å². The summed E-state index contributed by atoms with van der Waals surface area (Å²) in [4.78, 5) is 19.5. The number of carbonyl (C=O) groups excluding carboxylic acids is 1. The molecule has 0 aliphatic rings. The third-order valence-corrected chi connectivity index (χ3v) is 4.26. The Hall–Kier alpha value is -2.37. The summed E-state index contributed by atoms with van der Waals surface area (Å²) < 4.78 is 2.00. The smallest absolute Gasteiger partial charge is 0.247 e. The van der Waals surface area contributed by atoms with Gasteiger partial charge in [-0.2, -0.15) is 0 Å². The van der Waals surface area contributed by atoms with Gasteiger partial charge in [-0.05, 0) is 57.4 Å². The van der Waals surface area contributed by atoms with Crippen molar-refractivity contribution in [3.05, 3.63) is 59.4 Å². The van der Waals surface area contributed by atoms with Crippen LogP contribution in [0.5, 0.6) is 0 Å². The van der Waals surface area contributed by atoms with Crippen molar-refractivity contribution >= 4 is 34.2 Å². The van der Waals surface area contributed by atoms with Crippen LogP contribution in [0.1, 0.15) is 18.8 Å². The molecule has 1 amide bonds. The van der Waals surface area contributed by atoms with Crippen molar-refractivity contribution in [3.63, 3.8) is 0 Å². The summed E-state index contributed by atoms with van der Waals surface area (Å²) >= 11 is 5.90. The van der Waals surface area contributed by atoms with Gasteiger partial charge in [0.05, 0.1) is 17.6 Å². The molecule has 0 saturated carbocycles. The largest absolute Gasteiger partial charge is 0.324 e. The number of anilines is 1. The topological polar surface area (TPSA) is 50.2 Å². The Kier molecular flexibility index (Phi) is 5.06. The number of imidazole rings is 1. The second kappa shape index (κ2) is 7.25. The normalized spacial score (nSPS) is 12.5. The minimum Gasteiger partial charge on any atom is -0.324 e. The molecule has 130 valence electrons. The van der Waals surface area contributed by atoms with Crippen molar-refractivity contribution in [2.45, 2.75) is 19.5 Å². The molecule has 1 aromatic heterocycles. The van der Waals surface area contributed by atoms with E-state index in [2.05, 4.69) is 5.32 Å². The van der Waals surface area contributed by atoms with Crippen LogP contribution in [0.4, 0.5) is 5.69 Å². The molecule has 1 heterocycles. The van der Waals surface area contributed by atoms with Crippen LogP contribution in [-0.2, 0) is 11.3 Å². The van der Waals surface area contributed by atoms with Crippen molar-refractivity contribution in [3.8, 4) is 0 Å². The number of hydrogen-bond donors (Lipinski definition) is 1. The van der Waals surface area contributed by atoms with Gasteiger partial charge in [-0.15, -0.1) is 0 Å². The van der Waals surface area contributed by atoms with E-state index in [9.17, 15) is 4.79 Å². The molecule has 0 bridgehead atoms. The van der Waals surface area contributed by atoms with Gasteiger partial charge in [-0.3, -0.25) is 4.79 Å². The number of halogens is 1. The van der Waals surface area contributed by atoms with Gasteiger partial charge < -0.3 is 14.8 Å².